The van der Waals surface area contributed by atoms with Gasteiger partial charge in [0.15, 0.2) is 11.5 Å². The monoisotopic (exact) mass is 369 g/mol. The molecule has 2 aromatic rings. The van der Waals surface area contributed by atoms with Crippen LogP contribution in [0.15, 0.2) is 47.6 Å². The number of hydrogen-bond acceptors (Lipinski definition) is 6. The average molecular weight is 369 g/mol. The highest BCUT2D eigenvalue weighted by Gasteiger charge is 2.13. The molecule has 1 heterocycles. The van der Waals surface area contributed by atoms with Crippen molar-refractivity contribution in [3.63, 3.8) is 0 Å². The van der Waals surface area contributed by atoms with Gasteiger partial charge in [-0.3, -0.25) is 9.59 Å². The van der Waals surface area contributed by atoms with E-state index in [0.717, 1.165) is 11.3 Å². The van der Waals surface area contributed by atoms with Crippen molar-refractivity contribution in [1.29, 1.82) is 0 Å². The Hall–Kier alpha value is -3.55. The van der Waals surface area contributed by atoms with Crippen molar-refractivity contribution in [3.05, 3.63) is 53.6 Å². The molecule has 3 rings (SSSR count). The van der Waals surface area contributed by atoms with Gasteiger partial charge < -0.3 is 19.5 Å². The molecular formula is C19H19N3O5. The Morgan fingerprint density at radius 2 is 1.81 bits per heavy atom. The second-order valence-corrected chi connectivity index (χ2v) is 5.63. The highest BCUT2D eigenvalue weighted by Crippen LogP contribution is 2.30. The smallest absolute Gasteiger partial charge is 0.329 e. The van der Waals surface area contributed by atoms with Crippen molar-refractivity contribution in [2.45, 2.75) is 6.54 Å². The van der Waals surface area contributed by atoms with E-state index in [1.54, 1.807) is 49.6 Å². The minimum Gasteiger partial charge on any atom is -0.497 e. The molecule has 8 nitrogen and oxygen atoms in total. The summed E-state index contributed by atoms with van der Waals surface area (Å²) in [6.07, 6.45) is 1.42. The second kappa shape index (κ2) is 8.70. The first-order chi connectivity index (χ1) is 13.2. The Bertz CT molecular complexity index is 849. The van der Waals surface area contributed by atoms with Crippen LogP contribution in [0.2, 0.25) is 0 Å². The standard InChI is InChI=1S/C19H19N3O5/c1-25-15-5-2-13(3-6-15)11-20-18(23)19(24)22-21-12-14-4-7-16-17(10-14)27-9-8-26-16/h2-7,10,12H,8-9,11H2,1H3,(H,20,23)(H,22,24)/b21-12-. The van der Waals surface area contributed by atoms with Crippen molar-refractivity contribution in [3.8, 4) is 17.2 Å². The van der Waals surface area contributed by atoms with Crippen LogP contribution in [0.5, 0.6) is 17.2 Å². The summed E-state index contributed by atoms with van der Waals surface area (Å²) in [5.41, 5.74) is 3.74. The van der Waals surface area contributed by atoms with Crippen molar-refractivity contribution in [2.75, 3.05) is 20.3 Å². The molecule has 0 aromatic heterocycles. The molecule has 0 spiro atoms. The van der Waals surface area contributed by atoms with Crippen molar-refractivity contribution >= 4 is 18.0 Å². The molecule has 0 aliphatic carbocycles. The molecular weight excluding hydrogens is 350 g/mol. The highest BCUT2D eigenvalue weighted by molar-refractivity contribution is 6.35. The maximum Gasteiger partial charge on any atom is 0.329 e. The van der Waals surface area contributed by atoms with E-state index < -0.39 is 11.8 Å². The van der Waals surface area contributed by atoms with Crippen LogP contribution < -0.4 is 25.0 Å². The van der Waals surface area contributed by atoms with Gasteiger partial charge in [-0.05, 0) is 41.5 Å². The Labute approximate surface area is 156 Å². The lowest BCUT2D eigenvalue weighted by molar-refractivity contribution is -0.139. The number of carbonyl (C=O) groups is 2. The van der Waals surface area contributed by atoms with Gasteiger partial charge in [0.25, 0.3) is 0 Å². The number of rotatable bonds is 5. The SMILES string of the molecule is COc1ccc(CNC(=O)C(=O)N/N=C\c2ccc3c(c2)OCCO3)cc1. The lowest BCUT2D eigenvalue weighted by atomic mass is 10.2. The molecule has 1 aliphatic heterocycles. The third kappa shape index (κ3) is 4.97. The van der Waals surface area contributed by atoms with Gasteiger partial charge in [-0.1, -0.05) is 12.1 Å². The zero-order chi connectivity index (χ0) is 19.1. The van der Waals surface area contributed by atoms with Gasteiger partial charge in [-0.2, -0.15) is 5.10 Å². The van der Waals surface area contributed by atoms with Gasteiger partial charge in [0.05, 0.1) is 13.3 Å². The predicted molar refractivity (Wildman–Crippen MR) is 98.0 cm³/mol. The summed E-state index contributed by atoms with van der Waals surface area (Å²) in [5.74, 6) is 0.382. The quantitative estimate of drug-likeness (QED) is 0.469. The summed E-state index contributed by atoms with van der Waals surface area (Å²) in [4.78, 5) is 23.6. The topological polar surface area (TPSA) is 98.2 Å². The number of amides is 2. The fourth-order valence-electron chi connectivity index (χ4n) is 2.36. The molecule has 0 radical (unpaired) electrons. The van der Waals surface area contributed by atoms with Gasteiger partial charge in [0, 0.05) is 6.54 Å². The summed E-state index contributed by atoms with van der Waals surface area (Å²) in [7, 11) is 1.58. The minimum atomic E-state index is -0.850. The molecule has 2 amide bonds. The summed E-state index contributed by atoms with van der Waals surface area (Å²) in [6.45, 7) is 1.23. The van der Waals surface area contributed by atoms with E-state index in [-0.39, 0.29) is 6.54 Å². The largest absolute Gasteiger partial charge is 0.497 e. The van der Waals surface area contributed by atoms with Crippen LogP contribution in [-0.4, -0.2) is 38.4 Å². The van der Waals surface area contributed by atoms with E-state index in [1.165, 1.54) is 6.21 Å². The van der Waals surface area contributed by atoms with Crippen molar-refractivity contribution in [2.24, 2.45) is 5.10 Å². The van der Waals surface area contributed by atoms with Crippen molar-refractivity contribution in [1.82, 2.24) is 10.7 Å². The molecule has 0 saturated heterocycles. The third-order valence-corrected chi connectivity index (χ3v) is 3.76. The molecule has 0 bridgehead atoms. The number of ether oxygens (including phenoxy) is 3. The van der Waals surface area contributed by atoms with E-state index in [4.69, 9.17) is 14.2 Å². The van der Waals surface area contributed by atoms with E-state index in [2.05, 4.69) is 15.8 Å². The molecule has 0 saturated carbocycles. The number of hydrogen-bond donors (Lipinski definition) is 2. The highest BCUT2D eigenvalue weighted by atomic mass is 16.6. The van der Waals surface area contributed by atoms with Crippen LogP contribution in [0.25, 0.3) is 0 Å². The van der Waals surface area contributed by atoms with Crippen LogP contribution in [0.1, 0.15) is 11.1 Å². The lowest BCUT2D eigenvalue weighted by Gasteiger charge is -2.18. The first kappa shape index (κ1) is 18.2. The maximum absolute atomic E-state index is 11.8. The van der Waals surface area contributed by atoms with E-state index in [9.17, 15) is 9.59 Å². The fourth-order valence-corrected chi connectivity index (χ4v) is 2.36. The van der Waals surface area contributed by atoms with Gasteiger partial charge in [0.1, 0.15) is 19.0 Å². The van der Waals surface area contributed by atoms with E-state index >= 15 is 0 Å². The minimum absolute atomic E-state index is 0.224. The summed E-state index contributed by atoms with van der Waals surface area (Å²) in [5, 5.41) is 6.31. The van der Waals surface area contributed by atoms with Gasteiger partial charge in [0.2, 0.25) is 0 Å². The van der Waals surface area contributed by atoms with E-state index in [1.807, 2.05) is 0 Å². The van der Waals surface area contributed by atoms with Crippen LogP contribution in [0, 0.1) is 0 Å². The molecule has 0 atom stereocenters. The lowest BCUT2D eigenvalue weighted by Crippen LogP contribution is -2.37. The van der Waals surface area contributed by atoms with Crippen LogP contribution in [0.3, 0.4) is 0 Å². The molecule has 0 unspecified atom stereocenters. The number of nitrogens with one attached hydrogen (secondary N) is 2. The molecule has 2 N–H and O–H groups in total. The zero-order valence-corrected chi connectivity index (χ0v) is 14.7. The first-order valence-corrected chi connectivity index (χ1v) is 8.29. The number of nitrogens with zero attached hydrogens (tertiary/aromatic N) is 1. The molecule has 140 valence electrons. The first-order valence-electron chi connectivity index (χ1n) is 8.29. The average Bonchev–Trinajstić information content (AvgIpc) is 2.72. The third-order valence-electron chi connectivity index (χ3n) is 3.76. The zero-order valence-electron chi connectivity index (χ0n) is 14.7. The maximum atomic E-state index is 11.8. The Balaban J connectivity index is 1.47. The summed E-state index contributed by atoms with van der Waals surface area (Å²) >= 11 is 0. The van der Waals surface area contributed by atoms with Crippen LogP contribution >= 0.6 is 0 Å². The van der Waals surface area contributed by atoms with Crippen LogP contribution in [0.4, 0.5) is 0 Å². The number of carbonyl (C=O) groups excluding carboxylic acids is 2. The molecule has 1 aliphatic rings. The number of benzene rings is 2. The second-order valence-electron chi connectivity index (χ2n) is 5.63. The van der Waals surface area contributed by atoms with Gasteiger partial charge >= 0.3 is 11.8 Å². The normalized spacial score (nSPS) is 12.5. The fraction of sp³-hybridized carbons (Fsp3) is 0.211. The number of methoxy groups -OCH3 is 1. The van der Waals surface area contributed by atoms with Gasteiger partial charge in [-0.25, -0.2) is 5.43 Å². The Kier molecular flexibility index (Phi) is 5.88. The Morgan fingerprint density at radius 1 is 1.07 bits per heavy atom. The molecule has 27 heavy (non-hydrogen) atoms. The van der Waals surface area contributed by atoms with E-state index in [0.29, 0.717) is 30.3 Å². The van der Waals surface area contributed by atoms with Gasteiger partial charge in [-0.15, -0.1) is 0 Å². The summed E-state index contributed by atoms with van der Waals surface area (Å²) in [6, 6.07) is 12.4. The number of hydrazone groups is 1. The molecule has 2 aromatic carbocycles. The number of fused-ring (bicyclic) bond motifs is 1. The predicted octanol–water partition coefficient (Wildman–Crippen LogP) is 1.23. The van der Waals surface area contributed by atoms with Crippen LogP contribution in [-0.2, 0) is 16.1 Å². The molecule has 0 fully saturated rings. The van der Waals surface area contributed by atoms with Crippen molar-refractivity contribution < 1.29 is 23.8 Å². The Morgan fingerprint density at radius 3 is 2.56 bits per heavy atom. The molecule has 8 heteroatoms. The summed E-state index contributed by atoms with van der Waals surface area (Å²) < 4.78 is 16.0.